The minimum Gasteiger partial charge on any atom is -0.544 e. The Kier molecular flexibility index (Phi) is 5.90. The van der Waals surface area contributed by atoms with Gasteiger partial charge < -0.3 is 9.33 Å². The lowest BCUT2D eigenvalue weighted by Crippen LogP contribution is -2.31. The number of hydrogen-bond donors (Lipinski definition) is 0. The van der Waals surface area contributed by atoms with Gasteiger partial charge in [0, 0.05) is 30.9 Å². The maximum atomic E-state index is 13.1. The largest absolute Gasteiger partial charge is 0.544 e. The summed E-state index contributed by atoms with van der Waals surface area (Å²) in [6, 6.07) is 13.7. The molecule has 0 saturated heterocycles. The van der Waals surface area contributed by atoms with Crippen molar-refractivity contribution in [2.75, 3.05) is 19.0 Å². The lowest BCUT2D eigenvalue weighted by molar-refractivity contribution is 0.103. The lowest BCUT2D eigenvalue weighted by Gasteiger charge is -2.20. The topological polar surface area (TPSA) is 29.5 Å². The van der Waals surface area contributed by atoms with Crippen LogP contribution < -0.4 is 14.5 Å². The molecule has 0 aromatic heterocycles. The Morgan fingerprint density at radius 2 is 1.72 bits per heavy atom. The number of nitrogens with zero attached hydrogens (tertiary/aromatic N) is 1. The summed E-state index contributed by atoms with van der Waals surface area (Å²) in [5.74, 6) is 0.863. The molecule has 0 aliphatic carbocycles. The van der Waals surface area contributed by atoms with Crippen LogP contribution in [-0.4, -0.2) is 37.0 Å². The second kappa shape index (κ2) is 7.58. The molecule has 2 aromatic rings. The van der Waals surface area contributed by atoms with Crippen molar-refractivity contribution < 1.29 is 9.22 Å². The molecule has 0 aliphatic rings. The molecule has 1 radical (unpaired) electrons. The zero-order valence-electron chi connectivity index (χ0n) is 16.3. The molecule has 2 aromatic carbocycles. The number of benzene rings is 2. The van der Waals surface area contributed by atoms with Crippen LogP contribution in [0.15, 0.2) is 42.5 Å². The molecule has 0 amide bonds. The second-order valence-corrected chi connectivity index (χ2v) is 14.7. The van der Waals surface area contributed by atoms with Gasteiger partial charge in [-0.05, 0) is 55.2 Å². The average molecular weight is 371 g/mol. The molecule has 0 bridgehead atoms. The molecule has 0 aliphatic heterocycles. The monoisotopic (exact) mass is 370 g/mol. The molecular formula is C20H28NO2Si2. The van der Waals surface area contributed by atoms with Gasteiger partial charge in [0.1, 0.15) is 5.75 Å². The van der Waals surface area contributed by atoms with Crippen molar-refractivity contribution in [2.45, 2.75) is 32.7 Å². The third-order valence-electron chi connectivity index (χ3n) is 3.82. The Labute approximate surface area is 154 Å². The summed E-state index contributed by atoms with van der Waals surface area (Å²) in [5, 5.41) is 1.18. The van der Waals surface area contributed by atoms with Crippen molar-refractivity contribution in [2.24, 2.45) is 0 Å². The van der Waals surface area contributed by atoms with Crippen LogP contribution in [0.5, 0.6) is 5.75 Å². The average Bonchev–Trinajstić information content (AvgIpc) is 2.52. The van der Waals surface area contributed by atoms with Crippen LogP contribution in [-0.2, 0) is 0 Å². The van der Waals surface area contributed by atoms with Crippen molar-refractivity contribution in [3.63, 3.8) is 0 Å². The SMILES string of the molecule is CN(C)c1ccc(C(=O)c2cccc(O[Si](C)(C)C)c2)c([Si](C)C)c1. The van der Waals surface area contributed by atoms with E-state index in [1.54, 1.807) is 0 Å². The summed E-state index contributed by atoms with van der Waals surface area (Å²) < 4.78 is 6.04. The zero-order valence-corrected chi connectivity index (χ0v) is 18.3. The van der Waals surface area contributed by atoms with E-state index < -0.39 is 17.1 Å². The van der Waals surface area contributed by atoms with Gasteiger partial charge in [-0.25, -0.2) is 0 Å². The van der Waals surface area contributed by atoms with Gasteiger partial charge in [-0.2, -0.15) is 0 Å². The fraction of sp³-hybridized carbons (Fsp3) is 0.350. The molecular weight excluding hydrogens is 342 g/mol. The van der Waals surface area contributed by atoms with Gasteiger partial charge in [0.2, 0.25) is 8.32 Å². The highest BCUT2D eigenvalue weighted by atomic mass is 28.4. The zero-order chi connectivity index (χ0) is 18.8. The van der Waals surface area contributed by atoms with Crippen molar-refractivity contribution >= 4 is 33.8 Å². The van der Waals surface area contributed by atoms with E-state index in [1.165, 1.54) is 5.19 Å². The van der Waals surface area contributed by atoms with Crippen LogP contribution in [0.2, 0.25) is 32.7 Å². The molecule has 2 rings (SSSR count). The fourth-order valence-electron chi connectivity index (χ4n) is 2.63. The van der Waals surface area contributed by atoms with Gasteiger partial charge in [0.05, 0.1) is 8.80 Å². The minimum absolute atomic E-state index is 0.0764. The van der Waals surface area contributed by atoms with E-state index in [2.05, 4.69) is 43.7 Å². The maximum absolute atomic E-state index is 13.1. The van der Waals surface area contributed by atoms with Crippen molar-refractivity contribution in [3.05, 3.63) is 53.6 Å². The summed E-state index contributed by atoms with van der Waals surface area (Å²) in [7, 11) is 1.59. The van der Waals surface area contributed by atoms with Gasteiger partial charge in [-0.1, -0.05) is 25.2 Å². The predicted molar refractivity (Wildman–Crippen MR) is 112 cm³/mol. The van der Waals surface area contributed by atoms with E-state index in [0.717, 1.165) is 17.0 Å². The summed E-state index contributed by atoms with van der Waals surface area (Å²) >= 11 is 0. The van der Waals surface area contributed by atoms with E-state index in [0.29, 0.717) is 5.56 Å². The molecule has 3 nitrogen and oxygen atoms in total. The predicted octanol–water partition coefficient (Wildman–Crippen LogP) is 4.16. The highest BCUT2D eigenvalue weighted by Gasteiger charge is 2.20. The van der Waals surface area contributed by atoms with Crippen molar-refractivity contribution in [1.82, 2.24) is 0 Å². The van der Waals surface area contributed by atoms with Crippen LogP contribution in [0.1, 0.15) is 15.9 Å². The number of ketones is 1. The molecule has 25 heavy (non-hydrogen) atoms. The van der Waals surface area contributed by atoms with Gasteiger partial charge in [0.25, 0.3) is 0 Å². The highest BCUT2D eigenvalue weighted by Crippen LogP contribution is 2.21. The smallest absolute Gasteiger partial charge is 0.242 e. The van der Waals surface area contributed by atoms with Crippen LogP contribution in [0.4, 0.5) is 5.69 Å². The first-order valence-corrected chi connectivity index (χ1v) is 14.4. The Bertz CT molecular complexity index is 765. The van der Waals surface area contributed by atoms with Gasteiger partial charge in [-0.15, -0.1) is 0 Å². The van der Waals surface area contributed by atoms with E-state index >= 15 is 0 Å². The quantitative estimate of drug-likeness (QED) is 0.565. The van der Waals surface area contributed by atoms with E-state index in [9.17, 15) is 4.79 Å². The molecule has 0 saturated carbocycles. The van der Waals surface area contributed by atoms with Crippen LogP contribution in [0.25, 0.3) is 0 Å². The Morgan fingerprint density at radius 3 is 2.28 bits per heavy atom. The Balaban J connectivity index is 2.42. The van der Waals surface area contributed by atoms with Crippen LogP contribution in [0.3, 0.4) is 0 Å². The fourth-order valence-corrected chi connectivity index (χ4v) is 4.64. The number of carbonyl (C=O) groups is 1. The summed E-state index contributed by atoms with van der Waals surface area (Å²) in [6.07, 6.45) is 0. The summed E-state index contributed by atoms with van der Waals surface area (Å²) in [4.78, 5) is 15.2. The standard InChI is InChI=1S/C20H28NO2Si2/c1-21(2)16-11-12-18(19(14-16)24(3)4)20(22)15-9-8-10-17(13-15)23-25(5,6)7/h8-14H,1-7H3. The van der Waals surface area contributed by atoms with Gasteiger partial charge >= 0.3 is 0 Å². The van der Waals surface area contributed by atoms with E-state index in [1.807, 2.05) is 50.5 Å². The Morgan fingerprint density at radius 1 is 1.04 bits per heavy atom. The molecule has 0 spiro atoms. The number of rotatable bonds is 6. The Hall–Kier alpha value is -1.86. The number of anilines is 1. The van der Waals surface area contributed by atoms with Crippen LogP contribution >= 0.6 is 0 Å². The third-order valence-corrected chi connectivity index (χ3v) is 6.16. The lowest BCUT2D eigenvalue weighted by atomic mass is 10.0. The third kappa shape index (κ3) is 5.06. The van der Waals surface area contributed by atoms with Crippen LogP contribution in [0, 0.1) is 0 Å². The summed E-state index contributed by atoms with van der Waals surface area (Å²) in [6.45, 7) is 10.9. The first-order valence-electron chi connectivity index (χ1n) is 8.54. The van der Waals surface area contributed by atoms with Crippen molar-refractivity contribution in [3.8, 4) is 5.75 Å². The number of hydrogen-bond acceptors (Lipinski definition) is 3. The van der Waals surface area contributed by atoms with Gasteiger partial charge in [-0.3, -0.25) is 4.79 Å². The molecule has 0 atom stereocenters. The molecule has 0 fully saturated rings. The first kappa shape index (κ1) is 19.5. The van der Waals surface area contributed by atoms with E-state index in [4.69, 9.17) is 4.43 Å². The molecule has 133 valence electrons. The highest BCUT2D eigenvalue weighted by molar-refractivity contribution is 6.72. The molecule has 0 N–H and O–H groups in total. The first-order chi connectivity index (χ1) is 11.6. The molecule has 0 unspecified atom stereocenters. The molecule has 5 heteroatoms. The summed E-state index contributed by atoms with van der Waals surface area (Å²) in [5.41, 5.74) is 2.64. The maximum Gasteiger partial charge on any atom is 0.242 e. The minimum atomic E-state index is -1.70. The number of carbonyl (C=O) groups excluding carboxylic acids is 1. The van der Waals surface area contributed by atoms with Gasteiger partial charge in [0.15, 0.2) is 5.78 Å². The molecule has 0 heterocycles. The normalized spacial score (nSPS) is 11.5. The van der Waals surface area contributed by atoms with E-state index in [-0.39, 0.29) is 5.78 Å². The van der Waals surface area contributed by atoms with Crippen molar-refractivity contribution in [1.29, 1.82) is 0 Å². The second-order valence-electron chi connectivity index (χ2n) is 7.70.